The Hall–Kier alpha value is 0.677. The van der Waals surface area contributed by atoms with Gasteiger partial charge >= 0.3 is 39.0 Å². The standard InChI is InChI=1S/C2H4O2.O.2Zn/c1-2(3)4;;;/h1H3,(H,3,4);;;/q;-2;2*+2/p-1. The molecule has 32 valence electrons. The molecule has 0 aromatic carbocycles. The topological polar surface area (TPSA) is 68.6 Å². The molecule has 0 atom stereocenters. The molecule has 0 amide bonds. The molecule has 0 rings (SSSR count). The minimum absolute atomic E-state index is 0. The Labute approximate surface area is 67.3 Å². The fourth-order valence-electron chi connectivity index (χ4n) is 0. The van der Waals surface area contributed by atoms with Crippen LogP contribution in [0.25, 0.3) is 0 Å². The number of hydrogen-bond acceptors (Lipinski definition) is 2. The first kappa shape index (κ1) is 25.3. The molecule has 0 bridgehead atoms. The van der Waals surface area contributed by atoms with Crippen LogP contribution in [0.4, 0.5) is 0 Å². The number of carbonyl (C=O) groups excluding carboxylic acids is 1. The second-order valence-electron chi connectivity index (χ2n) is 0.492. The molecular formula is C2H3O3Zn2+. The molecule has 0 spiro atoms. The Kier molecular flexibility index (Phi) is 57.6. The average molecular weight is 206 g/mol. The number of hydrogen-bond donors (Lipinski definition) is 0. The Morgan fingerprint density at radius 3 is 1.43 bits per heavy atom. The van der Waals surface area contributed by atoms with Crippen molar-refractivity contribution in [2.24, 2.45) is 0 Å². The van der Waals surface area contributed by atoms with Crippen LogP contribution < -0.4 is 5.11 Å². The third-order valence-electron chi connectivity index (χ3n) is 0. The largest absolute Gasteiger partial charge is 2.00 e. The third kappa shape index (κ3) is 319. The molecule has 7 heavy (non-hydrogen) atoms. The first-order valence-electron chi connectivity index (χ1n) is 0.908. The van der Waals surface area contributed by atoms with Crippen molar-refractivity contribution >= 4 is 5.97 Å². The molecule has 0 aliphatic carbocycles. The molecular weight excluding hydrogens is 203 g/mol. The molecule has 0 saturated carbocycles. The SMILES string of the molecule is CC(=O)[O-].[O-2].[Zn+2].[Zn+2]. The summed E-state index contributed by atoms with van der Waals surface area (Å²) >= 11 is 0. The Balaban J connectivity index is -0.0000000150. The first-order chi connectivity index (χ1) is 1.73. The van der Waals surface area contributed by atoms with Gasteiger partial charge in [0.1, 0.15) is 0 Å². The van der Waals surface area contributed by atoms with Gasteiger partial charge in [-0.05, 0) is 6.92 Å². The molecule has 0 N–H and O–H groups in total. The van der Waals surface area contributed by atoms with E-state index in [4.69, 9.17) is 9.90 Å². The van der Waals surface area contributed by atoms with Crippen LogP contribution in [-0.2, 0) is 49.2 Å². The quantitative estimate of drug-likeness (QED) is 0.458. The van der Waals surface area contributed by atoms with Crippen LogP contribution in [0.5, 0.6) is 0 Å². The molecule has 0 saturated heterocycles. The first-order valence-corrected chi connectivity index (χ1v) is 0.908. The van der Waals surface area contributed by atoms with Gasteiger partial charge in [-0.3, -0.25) is 0 Å². The zero-order valence-electron chi connectivity index (χ0n) is 4.14. The average Bonchev–Trinajstić information content (AvgIpc) is 0.811. The second-order valence-corrected chi connectivity index (χ2v) is 0.492. The smallest absolute Gasteiger partial charge is 2.00 e. The second kappa shape index (κ2) is 15.9. The van der Waals surface area contributed by atoms with Crippen LogP contribution in [0.2, 0.25) is 0 Å². The summed E-state index contributed by atoms with van der Waals surface area (Å²) in [6, 6.07) is 0. The zero-order valence-corrected chi connectivity index (χ0v) is 10.1. The van der Waals surface area contributed by atoms with Gasteiger partial charge in [0, 0.05) is 5.97 Å². The molecule has 0 radical (unpaired) electrons. The van der Waals surface area contributed by atoms with Gasteiger partial charge in [0.05, 0.1) is 0 Å². The van der Waals surface area contributed by atoms with Crippen molar-refractivity contribution in [3.8, 4) is 0 Å². The number of carboxylic acid groups (broad SMARTS) is 1. The number of aliphatic carboxylic acids is 1. The van der Waals surface area contributed by atoms with Gasteiger partial charge in [-0.15, -0.1) is 0 Å². The monoisotopic (exact) mass is 203 g/mol. The summed E-state index contributed by atoms with van der Waals surface area (Å²) in [4.78, 5) is 8.89. The van der Waals surface area contributed by atoms with E-state index in [9.17, 15) is 0 Å². The van der Waals surface area contributed by atoms with Gasteiger partial charge in [0.15, 0.2) is 0 Å². The van der Waals surface area contributed by atoms with Crippen LogP contribution in [-0.4, -0.2) is 5.97 Å². The van der Waals surface area contributed by atoms with Crippen LogP contribution in [0.3, 0.4) is 0 Å². The molecule has 0 unspecified atom stereocenters. The maximum Gasteiger partial charge on any atom is 2.00 e. The fourth-order valence-corrected chi connectivity index (χ4v) is 0. The summed E-state index contributed by atoms with van der Waals surface area (Å²) in [6.45, 7) is 0.972. The van der Waals surface area contributed by atoms with Crippen molar-refractivity contribution in [3.63, 3.8) is 0 Å². The summed E-state index contributed by atoms with van der Waals surface area (Å²) in [5.41, 5.74) is 0. The van der Waals surface area contributed by atoms with Gasteiger partial charge in [0.25, 0.3) is 0 Å². The molecule has 0 aromatic rings. The van der Waals surface area contributed by atoms with E-state index >= 15 is 0 Å². The van der Waals surface area contributed by atoms with E-state index in [2.05, 4.69) is 0 Å². The van der Waals surface area contributed by atoms with Crippen LogP contribution in [0.15, 0.2) is 0 Å². The van der Waals surface area contributed by atoms with Crippen molar-refractivity contribution in [3.05, 3.63) is 0 Å². The molecule has 0 heterocycles. The van der Waals surface area contributed by atoms with E-state index in [0.717, 1.165) is 6.92 Å². The Morgan fingerprint density at radius 1 is 1.43 bits per heavy atom. The molecule has 3 nitrogen and oxygen atoms in total. The van der Waals surface area contributed by atoms with Crippen molar-refractivity contribution in [1.29, 1.82) is 0 Å². The van der Waals surface area contributed by atoms with Gasteiger partial charge in [-0.25, -0.2) is 0 Å². The van der Waals surface area contributed by atoms with E-state index in [1.54, 1.807) is 0 Å². The number of carboxylic acids is 1. The molecule has 0 fully saturated rings. The van der Waals surface area contributed by atoms with E-state index < -0.39 is 5.97 Å². The fraction of sp³-hybridized carbons (Fsp3) is 0.500. The molecule has 5 heteroatoms. The van der Waals surface area contributed by atoms with Crippen molar-refractivity contribution in [2.75, 3.05) is 0 Å². The summed E-state index contributed by atoms with van der Waals surface area (Å²) < 4.78 is 0. The van der Waals surface area contributed by atoms with Crippen LogP contribution in [0.1, 0.15) is 6.92 Å². The van der Waals surface area contributed by atoms with E-state index in [0.29, 0.717) is 0 Å². The normalized spacial score (nSPS) is 3.57. The summed E-state index contributed by atoms with van der Waals surface area (Å²) in [5, 5.41) is 8.89. The summed E-state index contributed by atoms with van der Waals surface area (Å²) in [5.74, 6) is -1.08. The van der Waals surface area contributed by atoms with Gasteiger partial charge in [0.2, 0.25) is 0 Å². The molecule has 0 aliphatic heterocycles. The predicted octanol–water partition coefficient (Wildman–Crippen LogP) is -1.37. The number of rotatable bonds is 0. The van der Waals surface area contributed by atoms with Gasteiger partial charge in [-0.2, -0.15) is 0 Å². The van der Waals surface area contributed by atoms with Crippen LogP contribution >= 0.6 is 0 Å². The summed E-state index contributed by atoms with van der Waals surface area (Å²) in [7, 11) is 0. The van der Waals surface area contributed by atoms with E-state index in [1.807, 2.05) is 0 Å². The van der Waals surface area contributed by atoms with Crippen LogP contribution in [0, 0.1) is 0 Å². The maximum absolute atomic E-state index is 8.89. The van der Waals surface area contributed by atoms with Crippen molar-refractivity contribution < 1.29 is 54.3 Å². The molecule has 0 aromatic heterocycles. The Morgan fingerprint density at radius 2 is 1.43 bits per heavy atom. The van der Waals surface area contributed by atoms with Gasteiger partial charge in [-0.1, -0.05) is 0 Å². The Bertz CT molecular complexity index is 33.9. The predicted molar refractivity (Wildman–Crippen MR) is 11.4 cm³/mol. The number of carbonyl (C=O) groups is 1. The third-order valence-corrected chi connectivity index (χ3v) is 0. The minimum atomic E-state index is -1.08. The van der Waals surface area contributed by atoms with E-state index in [-0.39, 0.29) is 44.4 Å². The van der Waals surface area contributed by atoms with Crippen molar-refractivity contribution in [2.45, 2.75) is 6.92 Å². The van der Waals surface area contributed by atoms with Gasteiger partial charge < -0.3 is 15.4 Å². The zero-order chi connectivity index (χ0) is 3.58. The van der Waals surface area contributed by atoms with E-state index in [1.165, 1.54) is 0 Å². The maximum atomic E-state index is 8.89. The molecule has 0 aliphatic rings. The minimum Gasteiger partial charge on any atom is -2.00 e. The van der Waals surface area contributed by atoms with Crippen molar-refractivity contribution in [1.82, 2.24) is 0 Å². The summed E-state index contributed by atoms with van der Waals surface area (Å²) in [6.07, 6.45) is 0.